The third-order valence-corrected chi connectivity index (χ3v) is 2.96. The normalized spacial score (nSPS) is 10.2. The zero-order valence-electron chi connectivity index (χ0n) is 11.0. The molecule has 1 aromatic heterocycles. The number of furan rings is 1. The van der Waals surface area contributed by atoms with Gasteiger partial charge >= 0.3 is 0 Å². The molecule has 5 nitrogen and oxygen atoms in total. The van der Waals surface area contributed by atoms with Crippen LogP contribution in [-0.4, -0.2) is 11.8 Å². The average molecular weight is 293 g/mol. The number of rotatable bonds is 3. The number of halogens is 1. The number of hydrogen-bond donors (Lipinski definition) is 2. The lowest BCUT2D eigenvalue weighted by atomic mass is 10.1. The van der Waals surface area contributed by atoms with Crippen LogP contribution in [0.15, 0.2) is 34.9 Å². The van der Waals surface area contributed by atoms with Gasteiger partial charge in [0.15, 0.2) is 0 Å². The SMILES string of the molecule is CC(=O)Nc1cc(NC(=O)c2ccoc2Cl)ccc1C. The second-order valence-corrected chi connectivity index (χ2v) is 4.62. The number of carbonyl (C=O) groups is 2. The van der Waals surface area contributed by atoms with Crippen molar-refractivity contribution in [1.29, 1.82) is 0 Å². The van der Waals surface area contributed by atoms with Gasteiger partial charge in [-0.3, -0.25) is 9.59 Å². The maximum atomic E-state index is 12.0. The van der Waals surface area contributed by atoms with E-state index in [1.807, 2.05) is 6.92 Å². The van der Waals surface area contributed by atoms with Crippen molar-refractivity contribution in [3.63, 3.8) is 0 Å². The molecule has 0 saturated heterocycles. The predicted octanol–water partition coefficient (Wildman–Crippen LogP) is 3.45. The van der Waals surface area contributed by atoms with Gasteiger partial charge in [0, 0.05) is 18.3 Å². The van der Waals surface area contributed by atoms with Gasteiger partial charge in [-0.1, -0.05) is 6.07 Å². The summed E-state index contributed by atoms with van der Waals surface area (Å²) in [4.78, 5) is 23.1. The Balaban J connectivity index is 2.20. The Kier molecular flexibility index (Phi) is 4.10. The first-order valence-corrected chi connectivity index (χ1v) is 6.28. The fourth-order valence-corrected chi connectivity index (χ4v) is 1.88. The third-order valence-electron chi connectivity index (χ3n) is 2.67. The molecular weight excluding hydrogens is 280 g/mol. The number of aryl methyl sites for hydroxylation is 1. The highest BCUT2D eigenvalue weighted by Crippen LogP contribution is 2.22. The molecular formula is C14H13ClN2O3. The molecule has 0 saturated carbocycles. The van der Waals surface area contributed by atoms with Crippen LogP contribution >= 0.6 is 11.6 Å². The number of amides is 2. The smallest absolute Gasteiger partial charge is 0.260 e. The molecule has 0 aliphatic rings. The van der Waals surface area contributed by atoms with Crippen molar-refractivity contribution in [3.8, 4) is 0 Å². The Labute approximate surface area is 120 Å². The summed E-state index contributed by atoms with van der Waals surface area (Å²) in [5, 5.41) is 5.43. The maximum Gasteiger partial charge on any atom is 0.260 e. The van der Waals surface area contributed by atoms with E-state index in [1.165, 1.54) is 19.3 Å². The predicted molar refractivity (Wildman–Crippen MR) is 77.2 cm³/mol. The zero-order chi connectivity index (χ0) is 14.7. The largest absolute Gasteiger partial charge is 0.452 e. The van der Waals surface area contributed by atoms with Crippen molar-refractivity contribution in [1.82, 2.24) is 0 Å². The van der Waals surface area contributed by atoms with Crippen molar-refractivity contribution < 1.29 is 14.0 Å². The fourth-order valence-electron chi connectivity index (χ4n) is 1.68. The van der Waals surface area contributed by atoms with Crippen LogP contribution in [0.4, 0.5) is 11.4 Å². The van der Waals surface area contributed by atoms with E-state index in [0.717, 1.165) is 5.56 Å². The summed E-state index contributed by atoms with van der Waals surface area (Å²) in [6.45, 7) is 3.29. The number of carbonyl (C=O) groups excluding carboxylic acids is 2. The van der Waals surface area contributed by atoms with Gasteiger partial charge in [0.05, 0.1) is 11.8 Å². The van der Waals surface area contributed by atoms with E-state index in [1.54, 1.807) is 18.2 Å². The maximum absolute atomic E-state index is 12.0. The molecule has 1 heterocycles. The lowest BCUT2D eigenvalue weighted by Crippen LogP contribution is -2.12. The van der Waals surface area contributed by atoms with Crippen molar-refractivity contribution in [2.24, 2.45) is 0 Å². The van der Waals surface area contributed by atoms with Gasteiger partial charge in [-0.05, 0) is 42.3 Å². The molecule has 2 N–H and O–H groups in total. The van der Waals surface area contributed by atoms with Crippen molar-refractivity contribution in [2.45, 2.75) is 13.8 Å². The second-order valence-electron chi connectivity index (χ2n) is 4.27. The number of benzene rings is 1. The Morgan fingerprint density at radius 2 is 1.95 bits per heavy atom. The Bertz CT molecular complexity index is 664. The van der Waals surface area contributed by atoms with Crippen LogP contribution in [0.25, 0.3) is 0 Å². The van der Waals surface area contributed by atoms with Gasteiger partial charge in [-0.25, -0.2) is 0 Å². The van der Waals surface area contributed by atoms with Crippen LogP contribution in [0.2, 0.25) is 5.22 Å². The van der Waals surface area contributed by atoms with Gasteiger partial charge in [0.25, 0.3) is 5.91 Å². The minimum atomic E-state index is -0.374. The van der Waals surface area contributed by atoms with E-state index in [4.69, 9.17) is 16.0 Å². The van der Waals surface area contributed by atoms with E-state index in [0.29, 0.717) is 11.4 Å². The van der Waals surface area contributed by atoms with Crippen molar-refractivity contribution in [3.05, 3.63) is 46.9 Å². The minimum Gasteiger partial charge on any atom is -0.452 e. The van der Waals surface area contributed by atoms with Gasteiger partial charge in [-0.2, -0.15) is 0 Å². The lowest BCUT2D eigenvalue weighted by molar-refractivity contribution is -0.114. The van der Waals surface area contributed by atoms with Crippen LogP contribution in [0.3, 0.4) is 0 Å². The molecule has 0 spiro atoms. The lowest BCUT2D eigenvalue weighted by Gasteiger charge is -2.10. The quantitative estimate of drug-likeness (QED) is 0.910. The molecule has 0 aliphatic carbocycles. The van der Waals surface area contributed by atoms with Crippen molar-refractivity contribution in [2.75, 3.05) is 10.6 Å². The molecule has 0 aliphatic heterocycles. The molecule has 2 rings (SSSR count). The van der Waals surface area contributed by atoms with Crippen LogP contribution in [0.1, 0.15) is 22.8 Å². The first kappa shape index (κ1) is 14.1. The first-order chi connectivity index (χ1) is 9.47. The molecule has 104 valence electrons. The molecule has 1 aromatic carbocycles. The Morgan fingerprint density at radius 1 is 1.20 bits per heavy atom. The summed E-state index contributed by atoms with van der Waals surface area (Å²) in [5.74, 6) is -0.546. The molecule has 2 amide bonds. The molecule has 0 fully saturated rings. The number of hydrogen-bond acceptors (Lipinski definition) is 3. The zero-order valence-corrected chi connectivity index (χ0v) is 11.7. The highest BCUT2D eigenvalue weighted by molar-refractivity contribution is 6.32. The van der Waals surface area contributed by atoms with Crippen molar-refractivity contribution >= 4 is 34.8 Å². The topological polar surface area (TPSA) is 71.3 Å². The summed E-state index contributed by atoms with van der Waals surface area (Å²) in [7, 11) is 0. The highest BCUT2D eigenvalue weighted by Gasteiger charge is 2.13. The van der Waals surface area contributed by atoms with E-state index >= 15 is 0 Å². The first-order valence-electron chi connectivity index (χ1n) is 5.90. The molecule has 0 radical (unpaired) electrons. The highest BCUT2D eigenvalue weighted by atomic mass is 35.5. The standard InChI is InChI=1S/C14H13ClN2O3/c1-8-3-4-10(7-12(8)16-9(2)18)17-14(19)11-5-6-20-13(11)15/h3-7H,1-2H3,(H,16,18)(H,17,19). The second kappa shape index (κ2) is 5.79. The van der Waals surface area contributed by atoms with Crippen LogP contribution in [0.5, 0.6) is 0 Å². The Morgan fingerprint density at radius 3 is 2.55 bits per heavy atom. The van der Waals surface area contributed by atoms with Gasteiger partial charge in [-0.15, -0.1) is 0 Å². The van der Waals surface area contributed by atoms with Gasteiger partial charge < -0.3 is 15.1 Å². The van der Waals surface area contributed by atoms with E-state index < -0.39 is 0 Å². The number of anilines is 2. The van der Waals surface area contributed by atoms with E-state index in [2.05, 4.69) is 10.6 Å². The average Bonchev–Trinajstić information content (AvgIpc) is 2.79. The van der Waals surface area contributed by atoms with Crippen LogP contribution in [-0.2, 0) is 4.79 Å². The molecule has 0 atom stereocenters. The molecule has 0 bridgehead atoms. The fraction of sp³-hybridized carbons (Fsp3) is 0.143. The summed E-state index contributed by atoms with van der Waals surface area (Å²) >= 11 is 5.74. The summed E-state index contributed by atoms with van der Waals surface area (Å²) in [5.41, 5.74) is 2.36. The third kappa shape index (κ3) is 3.19. The molecule has 0 unspecified atom stereocenters. The van der Waals surface area contributed by atoms with Crippen LogP contribution < -0.4 is 10.6 Å². The molecule has 20 heavy (non-hydrogen) atoms. The summed E-state index contributed by atoms with van der Waals surface area (Å²) in [6, 6.07) is 6.72. The van der Waals surface area contributed by atoms with E-state index in [9.17, 15) is 9.59 Å². The molecule has 2 aromatic rings. The van der Waals surface area contributed by atoms with E-state index in [-0.39, 0.29) is 22.6 Å². The van der Waals surface area contributed by atoms with Crippen LogP contribution in [0, 0.1) is 6.92 Å². The van der Waals surface area contributed by atoms with Gasteiger partial charge in [0.1, 0.15) is 0 Å². The summed E-state index contributed by atoms with van der Waals surface area (Å²) in [6.07, 6.45) is 1.34. The Hall–Kier alpha value is -2.27. The summed E-state index contributed by atoms with van der Waals surface area (Å²) < 4.78 is 4.87. The molecule has 6 heteroatoms. The van der Waals surface area contributed by atoms with Gasteiger partial charge in [0.2, 0.25) is 11.1 Å². The number of nitrogens with one attached hydrogen (secondary N) is 2. The minimum absolute atomic E-state index is 0.0386. The monoisotopic (exact) mass is 292 g/mol.